The first-order valence-corrected chi connectivity index (χ1v) is 8.07. The van der Waals surface area contributed by atoms with Crippen LogP contribution in [0.25, 0.3) is 5.82 Å². The number of hydrogen-bond acceptors (Lipinski definition) is 9. The monoisotopic (exact) mass is 410 g/mol. The van der Waals surface area contributed by atoms with Crippen LogP contribution in [0.2, 0.25) is 10.0 Å². The number of nitrogens with two attached hydrogens (primary N) is 1. The van der Waals surface area contributed by atoms with E-state index < -0.39 is 5.91 Å². The van der Waals surface area contributed by atoms with E-state index in [4.69, 9.17) is 33.7 Å². The molecule has 0 fully saturated rings. The molecule has 27 heavy (non-hydrogen) atoms. The van der Waals surface area contributed by atoms with Gasteiger partial charge in [0.25, 0.3) is 5.91 Å². The van der Waals surface area contributed by atoms with Gasteiger partial charge in [-0.1, -0.05) is 40.5 Å². The summed E-state index contributed by atoms with van der Waals surface area (Å²) in [4.78, 5) is 12.4. The van der Waals surface area contributed by atoms with Crippen LogP contribution in [-0.2, 0) is 11.3 Å². The highest BCUT2D eigenvalue weighted by molar-refractivity contribution is 6.43. The van der Waals surface area contributed by atoms with E-state index in [2.05, 4.69) is 35.8 Å². The normalized spacial score (nSPS) is 11.2. The summed E-state index contributed by atoms with van der Waals surface area (Å²) >= 11 is 12.0. The number of ether oxygens (including phenoxy) is 1. The number of aromatic nitrogens is 5. The number of hydrazone groups is 1. The number of nitrogen functional groups attached to an aromatic ring is 1. The van der Waals surface area contributed by atoms with E-state index in [0.29, 0.717) is 15.6 Å². The molecule has 11 nitrogen and oxygen atoms in total. The number of hydrogen-bond donors (Lipinski definition) is 2. The third-order valence-electron chi connectivity index (χ3n) is 3.31. The topological polar surface area (TPSA) is 146 Å². The number of nitrogens with zero attached hydrogens (tertiary/aromatic N) is 6. The first-order valence-electron chi connectivity index (χ1n) is 7.32. The average Bonchev–Trinajstić information content (AvgIpc) is 3.25. The quantitative estimate of drug-likeness (QED) is 0.458. The molecule has 0 aliphatic heterocycles. The van der Waals surface area contributed by atoms with Gasteiger partial charge in [0, 0.05) is 12.7 Å². The first-order chi connectivity index (χ1) is 13.0. The van der Waals surface area contributed by atoms with Crippen molar-refractivity contribution < 1.29 is 14.2 Å². The Balaban J connectivity index is 1.82. The van der Waals surface area contributed by atoms with Gasteiger partial charge in [-0.15, -0.1) is 5.10 Å². The van der Waals surface area contributed by atoms with Crippen molar-refractivity contribution in [1.29, 1.82) is 0 Å². The Morgan fingerprint density at radius 3 is 2.96 bits per heavy atom. The van der Waals surface area contributed by atoms with Crippen molar-refractivity contribution in [3.05, 3.63) is 45.2 Å². The highest BCUT2D eigenvalue weighted by atomic mass is 35.5. The molecule has 1 aromatic carbocycles. The minimum atomic E-state index is -0.627. The van der Waals surface area contributed by atoms with E-state index in [1.54, 1.807) is 18.2 Å². The van der Waals surface area contributed by atoms with Crippen LogP contribution < -0.4 is 11.2 Å². The van der Waals surface area contributed by atoms with Crippen LogP contribution in [0.1, 0.15) is 21.7 Å². The van der Waals surface area contributed by atoms with Gasteiger partial charge in [-0.3, -0.25) is 4.79 Å². The fraction of sp³-hybridized carbons (Fsp3) is 0.143. The predicted octanol–water partition coefficient (Wildman–Crippen LogP) is 1.45. The van der Waals surface area contributed by atoms with Crippen LogP contribution in [0, 0.1) is 0 Å². The second kappa shape index (κ2) is 8.12. The highest BCUT2D eigenvalue weighted by Crippen LogP contribution is 2.24. The zero-order valence-corrected chi connectivity index (χ0v) is 15.3. The van der Waals surface area contributed by atoms with Crippen molar-refractivity contribution in [2.24, 2.45) is 5.10 Å². The predicted molar refractivity (Wildman–Crippen MR) is 95.9 cm³/mol. The molecule has 0 atom stereocenters. The molecule has 0 unspecified atom stereocenters. The molecule has 140 valence electrons. The third-order valence-corrected chi connectivity index (χ3v) is 4.14. The lowest BCUT2D eigenvalue weighted by molar-refractivity contribution is 0.0944. The smallest absolute Gasteiger partial charge is 0.293 e. The van der Waals surface area contributed by atoms with Gasteiger partial charge in [0.2, 0.25) is 11.6 Å². The van der Waals surface area contributed by atoms with E-state index in [1.807, 2.05) is 0 Å². The van der Waals surface area contributed by atoms with Crippen molar-refractivity contribution in [3.8, 4) is 5.82 Å². The standard InChI is InChI=1S/C14H12Cl2N8O3/c1-26-6-9-11(19-23-24(9)13-12(17)21-27-22-13)14(25)20-18-5-7-3-2-4-8(15)10(7)16/h2-5H,6H2,1H3,(H2,17,21)(H,20,25)/b18-5-. The molecule has 13 heteroatoms. The molecule has 1 amide bonds. The zero-order valence-electron chi connectivity index (χ0n) is 13.8. The van der Waals surface area contributed by atoms with Gasteiger partial charge in [-0.2, -0.15) is 9.78 Å². The summed E-state index contributed by atoms with van der Waals surface area (Å²) in [5, 5.41) is 19.3. The van der Waals surface area contributed by atoms with E-state index in [9.17, 15) is 4.79 Å². The summed E-state index contributed by atoms with van der Waals surface area (Å²) in [5.74, 6) is -0.557. The van der Waals surface area contributed by atoms with Crippen LogP contribution in [0.15, 0.2) is 27.9 Å². The Labute approximate surface area is 162 Å². The summed E-state index contributed by atoms with van der Waals surface area (Å²) in [6, 6.07) is 5.03. The van der Waals surface area contributed by atoms with E-state index >= 15 is 0 Å². The number of anilines is 1. The number of benzene rings is 1. The molecular weight excluding hydrogens is 399 g/mol. The summed E-state index contributed by atoms with van der Waals surface area (Å²) in [7, 11) is 1.45. The summed E-state index contributed by atoms with van der Waals surface area (Å²) in [6.07, 6.45) is 1.35. The first kappa shape index (κ1) is 18.8. The molecule has 0 spiro atoms. The minimum absolute atomic E-state index is 0.00584. The van der Waals surface area contributed by atoms with Crippen LogP contribution in [-0.4, -0.2) is 44.5 Å². The molecule has 3 rings (SSSR count). The minimum Gasteiger partial charge on any atom is -0.378 e. The molecule has 0 aliphatic carbocycles. The molecule has 0 saturated heterocycles. The lowest BCUT2D eigenvalue weighted by atomic mass is 10.2. The maximum absolute atomic E-state index is 12.4. The summed E-state index contributed by atoms with van der Waals surface area (Å²) < 4.78 is 10.8. The summed E-state index contributed by atoms with van der Waals surface area (Å²) in [6.45, 7) is 0.00584. The second-order valence-electron chi connectivity index (χ2n) is 5.04. The van der Waals surface area contributed by atoms with Crippen molar-refractivity contribution in [3.63, 3.8) is 0 Å². The Kier molecular flexibility index (Phi) is 5.64. The zero-order chi connectivity index (χ0) is 19.4. The van der Waals surface area contributed by atoms with Gasteiger partial charge in [0.15, 0.2) is 5.69 Å². The van der Waals surface area contributed by atoms with Crippen molar-refractivity contribution in [1.82, 2.24) is 30.7 Å². The molecule has 2 heterocycles. The van der Waals surface area contributed by atoms with Gasteiger partial charge in [-0.25, -0.2) is 10.1 Å². The largest absolute Gasteiger partial charge is 0.378 e. The molecule has 2 aromatic heterocycles. The Morgan fingerprint density at radius 1 is 1.44 bits per heavy atom. The van der Waals surface area contributed by atoms with Crippen LogP contribution in [0.4, 0.5) is 5.82 Å². The summed E-state index contributed by atoms with van der Waals surface area (Å²) in [5.41, 5.74) is 8.77. The van der Waals surface area contributed by atoms with Gasteiger partial charge < -0.3 is 10.5 Å². The van der Waals surface area contributed by atoms with Crippen molar-refractivity contribution in [2.75, 3.05) is 12.8 Å². The van der Waals surface area contributed by atoms with Gasteiger partial charge in [0.05, 0.1) is 22.9 Å². The molecule has 0 radical (unpaired) electrons. The Morgan fingerprint density at radius 2 is 2.26 bits per heavy atom. The maximum Gasteiger partial charge on any atom is 0.293 e. The van der Waals surface area contributed by atoms with Crippen molar-refractivity contribution >= 4 is 41.1 Å². The van der Waals surface area contributed by atoms with E-state index in [0.717, 1.165) is 0 Å². The number of methoxy groups -OCH3 is 1. The van der Waals surface area contributed by atoms with Crippen LogP contribution in [0.5, 0.6) is 0 Å². The van der Waals surface area contributed by atoms with Crippen LogP contribution in [0.3, 0.4) is 0 Å². The number of rotatable bonds is 6. The van der Waals surface area contributed by atoms with Gasteiger partial charge in [-0.05, 0) is 16.4 Å². The molecule has 0 bridgehead atoms. The van der Waals surface area contributed by atoms with E-state index in [1.165, 1.54) is 18.0 Å². The molecule has 3 aromatic rings. The average molecular weight is 411 g/mol. The number of halogens is 2. The lowest BCUT2D eigenvalue weighted by Gasteiger charge is -2.04. The second-order valence-corrected chi connectivity index (χ2v) is 5.83. The van der Waals surface area contributed by atoms with Gasteiger partial charge in [0.1, 0.15) is 5.69 Å². The fourth-order valence-corrected chi connectivity index (χ4v) is 2.44. The molecule has 0 saturated carbocycles. The fourth-order valence-electron chi connectivity index (χ4n) is 2.09. The molecule has 0 aliphatic rings. The number of amides is 1. The SMILES string of the molecule is COCc1c(C(=O)N/N=C\c2cccc(Cl)c2Cl)nnn1-c1nonc1N. The molecule has 3 N–H and O–H groups in total. The lowest BCUT2D eigenvalue weighted by Crippen LogP contribution is -2.20. The number of carbonyl (C=O) groups is 1. The van der Waals surface area contributed by atoms with Crippen LogP contribution >= 0.6 is 23.2 Å². The number of carbonyl (C=O) groups excluding carboxylic acids is 1. The molecular formula is C14H12Cl2N8O3. The van der Waals surface area contributed by atoms with E-state index in [-0.39, 0.29) is 29.6 Å². The number of nitrogens with one attached hydrogen (secondary N) is 1. The Hall–Kier alpha value is -3.02. The Bertz CT molecular complexity index is 1000. The maximum atomic E-state index is 12.4. The van der Waals surface area contributed by atoms with Gasteiger partial charge >= 0.3 is 0 Å². The van der Waals surface area contributed by atoms with Crippen molar-refractivity contribution in [2.45, 2.75) is 6.61 Å². The highest BCUT2D eigenvalue weighted by Gasteiger charge is 2.23. The third kappa shape index (κ3) is 3.89.